The first kappa shape index (κ1) is 82.2. The van der Waals surface area contributed by atoms with Crippen molar-refractivity contribution in [3.8, 4) is 0 Å². The van der Waals surface area contributed by atoms with Crippen LogP contribution < -0.4 is 5.32 Å². The van der Waals surface area contributed by atoms with E-state index in [0.29, 0.717) is 23.9 Å². The van der Waals surface area contributed by atoms with E-state index in [1.165, 1.54) is 186 Å². The van der Waals surface area contributed by atoms with Gasteiger partial charge in [0.15, 0.2) is 0 Å². The lowest BCUT2D eigenvalue weighted by atomic mass is 10.0. The van der Waals surface area contributed by atoms with Gasteiger partial charge in [-0.05, 0) is 83.5 Å². The minimum absolute atomic E-state index is 0.0624. The van der Waals surface area contributed by atoms with E-state index < -0.39 is 20.0 Å². The number of nitrogens with one attached hydrogen (secondary N) is 1. The number of amides is 1. The normalized spacial score (nSPS) is 14.3. The van der Waals surface area contributed by atoms with E-state index in [1.54, 1.807) is 0 Å². The molecule has 9 heteroatoms. The third-order valence-corrected chi connectivity index (χ3v) is 16.8. The summed E-state index contributed by atoms with van der Waals surface area (Å²) < 4.78 is 23.9. The summed E-state index contributed by atoms with van der Waals surface area (Å²) in [6, 6.07) is -0.789. The molecule has 0 rings (SSSR count). The molecule has 0 aliphatic carbocycles. The quantitative estimate of drug-likeness (QED) is 0.0243. The highest BCUT2D eigenvalue weighted by Gasteiger charge is 2.28. The molecular weight excluding hydrogens is 1070 g/mol. The van der Waals surface area contributed by atoms with Crippen molar-refractivity contribution in [2.24, 2.45) is 0 Å². The molecule has 0 aromatic rings. The molecule has 0 aromatic carbocycles. The summed E-state index contributed by atoms with van der Waals surface area (Å²) in [5.41, 5.74) is 0. The average molecular weight is 1210 g/mol. The van der Waals surface area contributed by atoms with Gasteiger partial charge in [-0.1, -0.05) is 335 Å². The van der Waals surface area contributed by atoms with Crippen LogP contribution in [-0.2, 0) is 18.4 Å². The standard InChI is InChI=1S/C76H137N2O6P/c1-6-8-10-12-14-16-18-20-22-24-26-28-30-32-34-36-38-40-41-43-45-47-49-51-53-55-57-59-61-63-65-67-69-75(79)74(73-84-85(81,82)83-72-71-78(3,4)5)77-76(80)70-68-66-64-62-60-58-56-54-52-50-48-46-44-42-39-37-35-33-31-29-27-25-23-21-19-17-15-13-11-9-7-2/h9,11,15,17,21,23,27,29,33,35,39,42,46,48,52,54,58,60,74-75,79H,6-8,10,12-14,16,18-20,22,24-26,28,30-32,34,36-38,40-41,43-45,47,49-51,53,55-57,59,61-73H2,1-5H3,(H-,77,80,81,82)/p+1/b11-9-,17-15-,23-21-,29-27-,35-33-,42-39-,48-46-,54-52-,60-58-. The zero-order valence-electron chi connectivity index (χ0n) is 56.3. The fourth-order valence-electron chi connectivity index (χ4n) is 10.3. The number of phosphoric acid groups is 1. The molecule has 8 nitrogen and oxygen atoms in total. The fraction of sp³-hybridized carbons (Fsp3) is 0.750. The lowest BCUT2D eigenvalue weighted by Crippen LogP contribution is -2.46. The molecule has 0 aliphatic rings. The molecule has 0 saturated carbocycles. The first-order valence-electron chi connectivity index (χ1n) is 35.8. The van der Waals surface area contributed by atoms with Crippen LogP contribution >= 0.6 is 7.82 Å². The topological polar surface area (TPSA) is 105 Å². The Morgan fingerprint density at radius 1 is 0.412 bits per heavy atom. The highest BCUT2D eigenvalue weighted by atomic mass is 31.2. The molecule has 0 aromatic heterocycles. The number of aliphatic hydroxyl groups excluding tert-OH is 1. The van der Waals surface area contributed by atoms with Crippen LogP contribution in [0, 0.1) is 0 Å². The molecule has 0 heterocycles. The summed E-state index contributed by atoms with van der Waals surface area (Å²) in [6.07, 6.45) is 96.3. The van der Waals surface area contributed by atoms with Gasteiger partial charge in [-0.15, -0.1) is 0 Å². The van der Waals surface area contributed by atoms with Gasteiger partial charge in [0.05, 0.1) is 39.9 Å². The molecule has 0 radical (unpaired) electrons. The van der Waals surface area contributed by atoms with Crippen molar-refractivity contribution < 1.29 is 32.9 Å². The van der Waals surface area contributed by atoms with Crippen LogP contribution in [-0.4, -0.2) is 73.4 Å². The van der Waals surface area contributed by atoms with Crippen LogP contribution in [0.3, 0.4) is 0 Å². The van der Waals surface area contributed by atoms with Crippen molar-refractivity contribution in [1.82, 2.24) is 5.32 Å². The molecule has 0 saturated heterocycles. The predicted molar refractivity (Wildman–Crippen MR) is 373 cm³/mol. The second-order valence-corrected chi connectivity index (χ2v) is 26.7. The second kappa shape index (κ2) is 65.6. The van der Waals surface area contributed by atoms with Gasteiger partial charge >= 0.3 is 7.82 Å². The van der Waals surface area contributed by atoms with E-state index in [9.17, 15) is 19.4 Å². The maximum absolute atomic E-state index is 13.1. The first-order chi connectivity index (χ1) is 41.5. The zero-order chi connectivity index (χ0) is 61.9. The van der Waals surface area contributed by atoms with Crippen molar-refractivity contribution >= 4 is 13.7 Å². The Kier molecular flexibility index (Phi) is 63.4. The fourth-order valence-corrected chi connectivity index (χ4v) is 11.0. The minimum Gasteiger partial charge on any atom is -0.391 e. The Morgan fingerprint density at radius 3 is 1.02 bits per heavy atom. The number of hydrogen-bond donors (Lipinski definition) is 3. The predicted octanol–water partition coefficient (Wildman–Crippen LogP) is 23.1. The van der Waals surface area contributed by atoms with Crippen molar-refractivity contribution in [2.45, 2.75) is 328 Å². The number of allylic oxidation sites excluding steroid dienone is 18. The van der Waals surface area contributed by atoms with Crippen LogP contribution in [0.2, 0.25) is 0 Å². The molecule has 3 atom stereocenters. The molecule has 3 N–H and O–H groups in total. The lowest BCUT2D eigenvalue weighted by molar-refractivity contribution is -0.870. The number of likely N-dealkylation sites (N-methyl/N-ethyl adjacent to an activating group) is 1. The van der Waals surface area contributed by atoms with Gasteiger partial charge in [-0.3, -0.25) is 13.8 Å². The summed E-state index contributed by atoms with van der Waals surface area (Å²) in [4.78, 5) is 23.5. The Bertz CT molecular complexity index is 1760. The number of rotatable bonds is 65. The maximum atomic E-state index is 13.1. The summed E-state index contributed by atoms with van der Waals surface area (Å²) >= 11 is 0. The van der Waals surface area contributed by atoms with Crippen LogP contribution in [0.1, 0.15) is 316 Å². The highest BCUT2D eigenvalue weighted by molar-refractivity contribution is 7.47. The van der Waals surface area contributed by atoms with Crippen molar-refractivity contribution in [3.63, 3.8) is 0 Å². The van der Waals surface area contributed by atoms with Gasteiger partial charge in [0, 0.05) is 6.42 Å². The third kappa shape index (κ3) is 68.5. The monoisotopic (exact) mass is 1210 g/mol. The largest absolute Gasteiger partial charge is 0.472 e. The van der Waals surface area contributed by atoms with Gasteiger partial charge in [0.25, 0.3) is 0 Å². The highest BCUT2D eigenvalue weighted by Crippen LogP contribution is 2.43. The first-order valence-corrected chi connectivity index (χ1v) is 37.2. The minimum atomic E-state index is -4.35. The molecule has 0 spiro atoms. The Balaban J connectivity index is 4.13. The number of quaternary nitrogens is 1. The van der Waals surface area contributed by atoms with Crippen molar-refractivity contribution in [2.75, 3.05) is 40.9 Å². The molecule has 492 valence electrons. The number of nitrogens with zero attached hydrogens (tertiary/aromatic N) is 1. The van der Waals surface area contributed by atoms with Gasteiger partial charge in [-0.2, -0.15) is 0 Å². The number of aliphatic hydroxyl groups is 1. The second-order valence-electron chi connectivity index (χ2n) is 25.2. The molecule has 0 bridgehead atoms. The SMILES string of the molecule is CC/C=C\C/C=C\C/C=C\C/C=C\C/C=C\C/C=C\C/C=C\C/C=C\C/C=C\CCCCCC(=O)NC(COP(=O)(O)OCC[N+](C)(C)C)C(O)CCCCCCCCCCCCCCCCCCCCCCCCCCCCCCCCCC. The number of carbonyl (C=O) groups excluding carboxylic acids is 1. The smallest absolute Gasteiger partial charge is 0.391 e. The van der Waals surface area contributed by atoms with E-state index in [0.717, 1.165) is 103 Å². The van der Waals surface area contributed by atoms with Gasteiger partial charge in [-0.25, -0.2) is 4.57 Å². The average Bonchev–Trinajstić information content (AvgIpc) is 3.49. The Morgan fingerprint density at radius 2 is 0.706 bits per heavy atom. The summed E-state index contributed by atoms with van der Waals surface area (Å²) in [5.74, 6) is -0.176. The van der Waals surface area contributed by atoms with Crippen LogP contribution in [0.4, 0.5) is 0 Å². The van der Waals surface area contributed by atoms with E-state index in [-0.39, 0.29) is 19.1 Å². The van der Waals surface area contributed by atoms with E-state index in [4.69, 9.17) is 9.05 Å². The Hall–Kier alpha value is -2.84. The van der Waals surface area contributed by atoms with Crippen molar-refractivity contribution in [3.05, 3.63) is 109 Å². The number of hydrogen-bond acceptors (Lipinski definition) is 5. The van der Waals surface area contributed by atoms with Crippen LogP contribution in [0.15, 0.2) is 109 Å². The molecule has 85 heavy (non-hydrogen) atoms. The third-order valence-electron chi connectivity index (χ3n) is 15.8. The summed E-state index contributed by atoms with van der Waals surface area (Å²) in [7, 11) is 1.59. The number of unbranched alkanes of at least 4 members (excludes halogenated alkanes) is 34. The van der Waals surface area contributed by atoms with Gasteiger partial charge < -0.3 is 19.8 Å². The zero-order valence-corrected chi connectivity index (χ0v) is 57.2. The van der Waals surface area contributed by atoms with Gasteiger partial charge in [0.2, 0.25) is 5.91 Å². The Labute approximate surface area is 527 Å². The van der Waals surface area contributed by atoms with Crippen LogP contribution in [0.5, 0.6) is 0 Å². The molecule has 0 aliphatic heterocycles. The lowest BCUT2D eigenvalue weighted by Gasteiger charge is -2.26. The summed E-state index contributed by atoms with van der Waals surface area (Å²) in [5, 5.41) is 14.1. The van der Waals surface area contributed by atoms with E-state index >= 15 is 0 Å². The number of carbonyl (C=O) groups is 1. The van der Waals surface area contributed by atoms with E-state index in [2.05, 4.69) is 129 Å². The molecule has 3 unspecified atom stereocenters. The number of phosphoric ester groups is 1. The van der Waals surface area contributed by atoms with E-state index in [1.807, 2.05) is 21.1 Å². The van der Waals surface area contributed by atoms with Gasteiger partial charge in [0.1, 0.15) is 13.2 Å². The summed E-state index contributed by atoms with van der Waals surface area (Å²) in [6.45, 7) is 4.77. The van der Waals surface area contributed by atoms with Crippen LogP contribution in [0.25, 0.3) is 0 Å². The molecule has 0 fully saturated rings. The molecule has 1 amide bonds. The molecular formula is C76H138N2O6P+. The maximum Gasteiger partial charge on any atom is 0.472 e. The van der Waals surface area contributed by atoms with Crippen molar-refractivity contribution in [1.29, 1.82) is 0 Å².